The maximum atomic E-state index is 13.5. The topological polar surface area (TPSA) is 102 Å². The summed E-state index contributed by atoms with van der Waals surface area (Å²) in [5.41, 5.74) is 0.628. The first kappa shape index (κ1) is 29.6. The molecule has 2 aromatic heterocycles. The number of fused-ring (bicyclic) bond motifs is 2. The number of halogens is 3. The molecule has 2 N–H and O–H groups in total. The van der Waals surface area contributed by atoms with E-state index in [4.69, 9.17) is 13.9 Å². The summed E-state index contributed by atoms with van der Waals surface area (Å²) >= 11 is 0. The smallest absolute Gasteiger partial charge is 0.416 e. The fourth-order valence-corrected chi connectivity index (χ4v) is 5.62. The standard InChI is InChI=1S/C35H26F3NO6/c1-43-27-12-6-4-10-25(27)33(41)44-19-18-23-22-8-2-5-11-26(22)39-31(23)29(20-14-16-21(17-15-20)35(36,37)38)30-32(40)24-9-3-7-13-28(24)45-34(30)42/h2-17,29,39-40H,18-19H2,1H3. The third-order valence-corrected chi connectivity index (χ3v) is 7.73. The maximum absolute atomic E-state index is 13.5. The van der Waals surface area contributed by atoms with Crippen LogP contribution >= 0.6 is 0 Å². The molecule has 10 heteroatoms. The van der Waals surface area contributed by atoms with Crippen LogP contribution in [-0.2, 0) is 17.3 Å². The van der Waals surface area contributed by atoms with Crippen LogP contribution in [0.15, 0.2) is 106 Å². The van der Waals surface area contributed by atoms with Crippen molar-refractivity contribution in [3.63, 3.8) is 0 Å². The lowest BCUT2D eigenvalue weighted by atomic mass is 9.85. The fourth-order valence-electron chi connectivity index (χ4n) is 5.62. The van der Waals surface area contributed by atoms with E-state index in [0.29, 0.717) is 28.1 Å². The van der Waals surface area contributed by atoms with Gasteiger partial charge in [-0.1, -0.05) is 54.6 Å². The fraction of sp³-hybridized carbons (Fsp3) is 0.143. The molecule has 0 amide bonds. The number of aromatic nitrogens is 1. The first-order valence-electron chi connectivity index (χ1n) is 14.0. The molecule has 4 aromatic carbocycles. The SMILES string of the molecule is COc1ccccc1C(=O)OCCc1c(C(c2ccc(C(F)(F)F)cc2)c2c(O)c3ccccc3oc2=O)[nH]c2ccccc12. The van der Waals surface area contributed by atoms with Crippen LogP contribution in [0.25, 0.3) is 21.9 Å². The van der Waals surface area contributed by atoms with Gasteiger partial charge in [0.15, 0.2) is 0 Å². The summed E-state index contributed by atoms with van der Waals surface area (Å²) in [6.45, 7) is -0.0657. The van der Waals surface area contributed by atoms with E-state index in [1.807, 2.05) is 24.3 Å². The Kier molecular flexibility index (Phi) is 7.80. The van der Waals surface area contributed by atoms with Gasteiger partial charge in [-0.25, -0.2) is 9.59 Å². The lowest BCUT2D eigenvalue weighted by molar-refractivity contribution is -0.137. The van der Waals surface area contributed by atoms with E-state index in [1.54, 1.807) is 42.5 Å². The van der Waals surface area contributed by atoms with Crippen molar-refractivity contribution in [1.29, 1.82) is 0 Å². The van der Waals surface area contributed by atoms with Gasteiger partial charge in [0.25, 0.3) is 0 Å². The average Bonchev–Trinajstić information content (AvgIpc) is 3.40. The van der Waals surface area contributed by atoms with Gasteiger partial charge in [0.05, 0.1) is 36.1 Å². The number of para-hydroxylation sites is 3. The lowest BCUT2D eigenvalue weighted by Gasteiger charge is -2.20. The van der Waals surface area contributed by atoms with Crippen LogP contribution in [0.4, 0.5) is 13.2 Å². The third kappa shape index (κ3) is 5.62. The second kappa shape index (κ2) is 11.9. The molecule has 6 rings (SSSR count). The van der Waals surface area contributed by atoms with Crippen molar-refractivity contribution >= 4 is 27.8 Å². The molecule has 0 radical (unpaired) electrons. The van der Waals surface area contributed by atoms with Gasteiger partial charge in [0, 0.05) is 23.0 Å². The van der Waals surface area contributed by atoms with Crippen molar-refractivity contribution in [2.75, 3.05) is 13.7 Å². The van der Waals surface area contributed by atoms with Crippen LogP contribution in [0.1, 0.15) is 44.2 Å². The molecule has 1 atom stereocenters. The van der Waals surface area contributed by atoms with Crippen LogP contribution in [0, 0.1) is 0 Å². The lowest BCUT2D eigenvalue weighted by Crippen LogP contribution is -2.18. The van der Waals surface area contributed by atoms with Gasteiger partial charge in [0.1, 0.15) is 22.6 Å². The molecule has 0 saturated carbocycles. The summed E-state index contributed by atoms with van der Waals surface area (Å²) in [5, 5.41) is 12.5. The van der Waals surface area contributed by atoms with Gasteiger partial charge in [-0.15, -0.1) is 0 Å². The van der Waals surface area contributed by atoms with E-state index in [-0.39, 0.29) is 40.9 Å². The third-order valence-electron chi connectivity index (χ3n) is 7.73. The number of nitrogens with one attached hydrogen (secondary N) is 1. The largest absolute Gasteiger partial charge is 0.507 e. The molecule has 0 fully saturated rings. The van der Waals surface area contributed by atoms with Crippen molar-refractivity contribution in [2.24, 2.45) is 0 Å². The van der Waals surface area contributed by atoms with E-state index in [0.717, 1.165) is 17.5 Å². The Morgan fingerprint density at radius 2 is 1.58 bits per heavy atom. The van der Waals surface area contributed by atoms with Gasteiger partial charge in [0.2, 0.25) is 0 Å². The van der Waals surface area contributed by atoms with E-state index in [2.05, 4.69) is 4.98 Å². The second-order valence-corrected chi connectivity index (χ2v) is 10.3. The van der Waals surface area contributed by atoms with Gasteiger partial charge in [-0.05, 0) is 53.6 Å². The summed E-state index contributed by atoms with van der Waals surface area (Å²) < 4.78 is 56.9. The Hall–Kier alpha value is -5.51. The van der Waals surface area contributed by atoms with Crippen LogP contribution in [0.2, 0.25) is 0 Å². The number of methoxy groups -OCH3 is 1. The Balaban J connectivity index is 1.48. The van der Waals surface area contributed by atoms with E-state index in [9.17, 15) is 27.9 Å². The van der Waals surface area contributed by atoms with Crippen LogP contribution < -0.4 is 10.4 Å². The minimum atomic E-state index is -4.57. The highest BCUT2D eigenvalue weighted by molar-refractivity contribution is 5.92. The van der Waals surface area contributed by atoms with Crippen molar-refractivity contribution in [2.45, 2.75) is 18.5 Å². The molecule has 0 aliphatic carbocycles. The Bertz CT molecular complexity index is 2080. The zero-order chi connectivity index (χ0) is 31.7. The monoisotopic (exact) mass is 613 g/mol. The van der Waals surface area contributed by atoms with E-state index in [1.165, 1.54) is 25.3 Å². The Morgan fingerprint density at radius 1 is 0.911 bits per heavy atom. The van der Waals surface area contributed by atoms with Crippen LogP contribution in [-0.4, -0.2) is 29.8 Å². The summed E-state index contributed by atoms with van der Waals surface area (Å²) in [5.74, 6) is -1.66. The molecule has 0 aliphatic rings. The Labute approximate surface area is 254 Å². The van der Waals surface area contributed by atoms with Crippen molar-refractivity contribution in [1.82, 2.24) is 4.98 Å². The minimum Gasteiger partial charge on any atom is -0.507 e. The number of aromatic hydroxyl groups is 1. The highest BCUT2D eigenvalue weighted by atomic mass is 19.4. The maximum Gasteiger partial charge on any atom is 0.416 e. The molecule has 2 heterocycles. The number of benzene rings is 4. The van der Waals surface area contributed by atoms with E-state index >= 15 is 0 Å². The summed E-state index contributed by atoms with van der Waals surface area (Å²) in [6.07, 6.45) is -4.40. The van der Waals surface area contributed by atoms with Gasteiger partial charge < -0.3 is 24.0 Å². The molecule has 6 aromatic rings. The Morgan fingerprint density at radius 3 is 2.31 bits per heavy atom. The van der Waals surface area contributed by atoms with Crippen molar-refractivity contribution in [3.8, 4) is 11.5 Å². The molecular weight excluding hydrogens is 587 g/mol. The summed E-state index contributed by atoms with van der Waals surface area (Å²) in [7, 11) is 1.45. The number of carbonyl (C=O) groups is 1. The zero-order valence-corrected chi connectivity index (χ0v) is 23.9. The van der Waals surface area contributed by atoms with Gasteiger partial charge >= 0.3 is 17.8 Å². The van der Waals surface area contributed by atoms with Gasteiger partial charge in [-0.3, -0.25) is 0 Å². The molecule has 0 bridgehead atoms. The zero-order valence-electron chi connectivity index (χ0n) is 23.9. The first-order valence-corrected chi connectivity index (χ1v) is 14.0. The number of carbonyl (C=O) groups excluding carboxylic acids is 1. The highest BCUT2D eigenvalue weighted by Crippen LogP contribution is 2.42. The molecule has 0 saturated heterocycles. The first-order chi connectivity index (χ1) is 21.7. The number of hydrogen-bond donors (Lipinski definition) is 2. The quantitative estimate of drug-likeness (QED) is 0.136. The molecule has 45 heavy (non-hydrogen) atoms. The molecule has 7 nitrogen and oxygen atoms in total. The number of hydrogen-bond acceptors (Lipinski definition) is 6. The van der Waals surface area contributed by atoms with Crippen molar-refractivity contribution in [3.05, 3.63) is 141 Å². The van der Waals surface area contributed by atoms with Crippen LogP contribution in [0.3, 0.4) is 0 Å². The summed E-state index contributed by atoms with van der Waals surface area (Å²) in [4.78, 5) is 29.8. The second-order valence-electron chi connectivity index (χ2n) is 10.3. The summed E-state index contributed by atoms with van der Waals surface area (Å²) in [6, 6.07) is 24.8. The number of aromatic amines is 1. The number of rotatable bonds is 8. The molecule has 228 valence electrons. The molecule has 1 unspecified atom stereocenters. The molecular formula is C35H26F3NO6. The number of alkyl halides is 3. The predicted octanol–water partition coefficient (Wildman–Crippen LogP) is 7.59. The van der Waals surface area contributed by atoms with Crippen LogP contribution in [0.5, 0.6) is 11.5 Å². The number of H-pyrrole nitrogens is 1. The van der Waals surface area contributed by atoms with Crippen molar-refractivity contribution < 1.29 is 37.0 Å². The molecule has 0 spiro atoms. The number of esters is 1. The highest BCUT2D eigenvalue weighted by Gasteiger charge is 2.33. The average molecular weight is 614 g/mol. The minimum absolute atomic E-state index is 0.0657. The molecule has 0 aliphatic heterocycles. The van der Waals surface area contributed by atoms with E-state index < -0.39 is 29.3 Å². The normalized spacial score (nSPS) is 12.4. The number of ether oxygens (including phenoxy) is 2. The van der Waals surface area contributed by atoms with Gasteiger partial charge in [-0.2, -0.15) is 13.2 Å². The predicted molar refractivity (Wildman–Crippen MR) is 162 cm³/mol.